The molecule has 2 rings (SSSR count). The lowest BCUT2D eigenvalue weighted by Crippen LogP contribution is -2.20. The van der Waals surface area contributed by atoms with E-state index in [1.165, 1.54) is 13.3 Å². The molecule has 0 unspecified atom stereocenters. The second kappa shape index (κ2) is 2.36. The lowest BCUT2D eigenvalue weighted by Gasteiger charge is -2.17. The van der Waals surface area contributed by atoms with Crippen molar-refractivity contribution in [2.75, 3.05) is 0 Å². The van der Waals surface area contributed by atoms with Crippen LogP contribution in [0.5, 0.6) is 0 Å². The average molecular weight is 152 g/mol. The van der Waals surface area contributed by atoms with Crippen molar-refractivity contribution < 1.29 is 9.53 Å². The van der Waals surface area contributed by atoms with Gasteiger partial charge in [0.25, 0.3) is 0 Å². The predicted octanol–water partition coefficient (Wildman–Crippen LogP) is 1.51. The van der Waals surface area contributed by atoms with Crippen molar-refractivity contribution >= 4 is 5.97 Å². The number of ether oxygens (including phenoxy) is 1. The van der Waals surface area contributed by atoms with E-state index in [0.717, 1.165) is 6.42 Å². The van der Waals surface area contributed by atoms with Crippen molar-refractivity contribution in [2.45, 2.75) is 25.9 Å². The van der Waals surface area contributed by atoms with Crippen molar-refractivity contribution in [1.29, 1.82) is 0 Å². The molecule has 0 aromatic rings. The van der Waals surface area contributed by atoms with Gasteiger partial charge in [-0.3, -0.25) is 4.79 Å². The first-order valence-electron chi connectivity index (χ1n) is 4.11. The number of allylic oxidation sites excluding steroid dienone is 1. The molecular formula is C9H12O2. The van der Waals surface area contributed by atoms with Crippen LogP contribution in [0.2, 0.25) is 0 Å². The van der Waals surface area contributed by atoms with Gasteiger partial charge in [0.2, 0.25) is 0 Å². The van der Waals surface area contributed by atoms with E-state index in [-0.39, 0.29) is 12.1 Å². The quantitative estimate of drug-likeness (QED) is 0.420. The third-order valence-electron chi connectivity index (χ3n) is 2.54. The standard InChI is InChI=1S/C9H12O2/c1-6(10)11-9-5-7-2-3-8(9)4-7/h2-3,7-9H,4-5H2,1H3/t7-,8+,9-/m1/s1. The number of hydrogen-bond acceptors (Lipinski definition) is 2. The molecule has 2 bridgehead atoms. The smallest absolute Gasteiger partial charge is 0.302 e. The van der Waals surface area contributed by atoms with Crippen molar-refractivity contribution in [3.63, 3.8) is 0 Å². The highest BCUT2D eigenvalue weighted by molar-refractivity contribution is 5.66. The van der Waals surface area contributed by atoms with Crippen LogP contribution >= 0.6 is 0 Å². The van der Waals surface area contributed by atoms with Gasteiger partial charge in [0.15, 0.2) is 0 Å². The first-order valence-corrected chi connectivity index (χ1v) is 4.11. The lowest BCUT2D eigenvalue weighted by atomic mass is 10.0. The Kier molecular flexibility index (Phi) is 1.48. The summed E-state index contributed by atoms with van der Waals surface area (Å²) >= 11 is 0. The molecule has 2 aliphatic rings. The van der Waals surface area contributed by atoms with Crippen LogP contribution in [-0.2, 0) is 9.53 Å². The van der Waals surface area contributed by atoms with E-state index in [0.29, 0.717) is 11.8 Å². The molecule has 0 aromatic carbocycles. The second-order valence-corrected chi connectivity index (χ2v) is 3.43. The first-order chi connectivity index (χ1) is 5.25. The molecule has 0 heterocycles. The number of esters is 1. The van der Waals surface area contributed by atoms with Gasteiger partial charge in [0.05, 0.1) is 0 Å². The summed E-state index contributed by atoms with van der Waals surface area (Å²) in [5, 5.41) is 0. The Morgan fingerprint density at radius 2 is 2.27 bits per heavy atom. The van der Waals surface area contributed by atoms with Gasteiger partial charge in [0.1, 0.15) is 6.10 Å². The molecule has 0 N–H and O–H groups in total. The van der Waals surface area contributed by atoms with Crippen LogP contribution in [-0.4, -0.2) is 12.1 Å². The number of rotatable bonds is 1. The monoisotopic (exact) mass is 152 g/mol. The Labute approximate surface area is 66.2 Å². The van der Waals surface area contributed by atoms with Crippen LogP contribution in [0.3, 0.4) is 0 Å². The van der Waals surface area contributed by atoms with Crippen molar-refractivity contribution in [2.24, 2.45) is 11.8 Å². The number of hydrogen-bond donors (Lipinski definition) is 0. The molecule has 0 aromatic heterocycles. The fourth-order valence-corrected chi connectivity index (χ4v) is 2.08. The summed E-state index contributed by atoms with van der Waals surface area (Å²) in [6.45, 7) is 1.48. The van der Waals surface area contributed by atoms with E-state index >= 15 is 0 Å². The van der Waals surface area contributed by atoms with Crippen molar-refractivity contribution in [1.82, 2.24) is 0 Å². The molecule has 3 atom stereocenters. The van der Waals surface area contributed by atoms with Gasteiger partial charge >= 0.3 is 5.97 Å². The Bertz CT molecular complexity index is 208. The minimum absolute atomic E-state index is 0.143. The fraction of sp³-hybridized carbons (Fsp3) is 0.667. The van der Waals surface area contributed by atoms with E-state index in [1.54, 1.807) is 0 Å². The first kappa shape index (κ1) is 6.89. The zero-order chi connectivity index (χ0) is 7.84. The fourth-order valence-electron chi connectivity index (χ4n) is 2.08. The third-order valence-corrected chi connectivity index (χ3v) is 2.54. The summed E-state index contributed by atoms with van der Waals surface area (Å²) in [6, 6.07) is 0. The topological polar surface area (TPSA) is 26.3 Å². The molecule has 1 saturated carbocycles. The predicted molar refractivity (Wildman–Crippen MR) is 40.9 cm³/mol. The van der Waals surface area contributed by atoms with Crippen LogP contribution in [0.15, 0.2) is 12.2 Å². The van der Waals surface area contributed by atoms with Crippen molar-refractivity contribution in [3.05, 3.63) is 12.2 Å². The molecule has 0 saturated heterocycles. The van der Waals surface area contributed by atoms with E-state index < -0.39 is 0 Å². The molecular weight excluding hydrogens is 140 g/mol. The maximum atomic E-state index is 10.6. The normalized spacial score (nSPS) is 39.5. The van der Waals surface area contributed by atoms with E-state index in [9.17, 15) is 4.79 Å². The summed E-state index contributed by atoms with van der Waals surface area (Å²) < 4.78 is 5.15. The molecule has 11 heavy (non-hydrogen) atoms. The van der Waals surface area contributed by atoms with Gasteiger partial charge in [0, 0.05) is 12.8 Å². The van der Waals surface area contributed by atoms with Gasteiger partial charge in [-0.05, 0) is 18.8 Å². The molecule has 0 spiro atoms. The summed E-state index contributed by atoms with van der Waals surface area (Å²) in [5.74, 6) is 1.06. The third kappa shape index (κ3) is 1.17. The summed E-state index contributed by atoms with van der Waals surface area (Å²) in [4.78, 5) is 10.6. The minimum atomic E-state index is -0.143. The second-order valence-electron chi connectivity index (χ2n) is 3.43. The van der Waals surface area contributed by atoms with Gasteiger partial charge in [-0.15, -0.1) is 0 Å². The molecule has 0 amide bonds. The molecule has 2 nitrogen and oxygen atoms in total. The number of fused-ring (bicyclic) bond motifs is 2. The van der Waals surface area contributed by atoms with Crippen LogP contribution in [0, 0.1) is 11.8 Å². The number of carbonyl (C=O) groups is 1. The summed E-state index contributed by atoms with van der Waals surface area (Å²) in [7, 11) is 0. The van der Waals surface area contributed by atoms with Gasteiger partial charge in [-0.1, -0.05) is 12.2 Å². The summed E-state index contributed by atoms with van der Waals surface area (Å²) in [5.41, 5.74) is 0. The Morgan fingerprint density at radius 1 is 1.45 bits per heavy atom. The van der Waals surface area contributed by atoms with E-state index in [2.05, 4.69) is 12.2 Å². The highest BCUT2D eigenvalue weighted by Crippen LogP contribution is 2.40. The highest BCUT2D eigenvalue weighted by atomic mass is 16.5. The SMILES string of the molecule is CC(=O)O[C@@H]1C[C@@H]2C=C[C@H]1C2. The molecule has 1 fully saturated rings. The van der Waals surface area contributed by atoms with Crippen LogP contribution in [0.4, 0.5) is 0 Å². The van der Waals surface area contributed by atoms with E-state index in [4.69, 9.17) is 4.74 Å². The molecule has 0 radical (unpaired) electrons. The van der Waals surface area contributed by atoms with Crippen LogP contribution in [0.1, 0.15) is 19.8 Å². The Balaban J connectivity index is 1.98. The van der Waals surface area contributed by atoms with Crippen LogP contribution in [0.25, 0.3) is 0 Å². The Hall–Kier alpha value is -0.790. The highest BCUT2D eigenvalue weighted by Gasteiger charge is 2.37. The van der Waals surface area contributed by atoms with Crippen LogP contribution < -0.4 is 0 Å². The van der Waals surface area contributed by atoms with Gasteiger partial charge in [-0.2, -0.15) is 0 Å². The molecule has 0 aliphatic heterocycles. The van der Waals surface area contributed by atoms with Gasteiger partial charge in [-0.25, -0.2) is 0 Å². The molecule has 2 aliphatic carbocycles. The minimum Gasteiger partial charge on any atom is -0.462 e. The maximum Gasteiger partial charge on any atom is 0.302 e. The zero-order valence-electron chi connectivity index (χ0n) is 6.62. The maximum absolute atomic E-state index is 10.6. The largest absolute Gasteiger partial charge is 0.462 e. The summed E-state index contributed by atoms with van der Waals surface area (Å²) in [6.07, 6.45) is 6.84. The van der Waals surface area contributed by atoms with Crippen molar-refractivity contribution in [3.8, 4) is 0 Å². The van der Waals surface area contributed by atoms with Gasteiger partial charge < -0.3 is 4.74 Å². The Morgan fingerprint density at radius 3 is 2.73 bits per heavy atom. The van der Waals surface area contributed by atoms with E-state index in [1.807, 2.05) is 0 Å². The molecule has 60 valence electrons. The average Bonchev–Trinajstić information content (AvgIpc) is 2.45. The number of carbonyl (C=O) groups excluding carboxylic acids is 1. The lowest BCUT2D eigenvalue weighted by molar-refractivity contribution is -0.147. The molecule has 2 heteroatoms. The zero-order valence-corrected chi connectivity index (χ0v) is 6.62.